The Morgan fingerprint density at radius 2 is 2.18 bits per heavy atom. The van der Waals surface area contributed by atoms with Crippen LogP contribution in [-0.4, -0.2) is 35.0 Å². The van der Waals surface area contributed by atoms with Crippen LogP contribution in [0.5, 0.6) is 0 Å². The van der Waals surface area contributed by atoms with Gasteiger partial charge in [0.1, 0.15) is 0 Å². The Labute approximate surface area is 99.1 Å². The van der Waals surface area contributed by atoms with Crippen LogP contribution in [0.2, 0.25) is 0 Å². The highest BCUT2D eigenvalue weighted by atomic mass is 19.4. The molecular weight excluding hydrogens is 231 g/mol. The highest BCUT2D eigenvalue weighted by Gasteiger charge is 2.47. The van der Waals surface area contributed by atoms with Crippen molar-refractivity contribution in [3.05, 3.63) is 11.6 Å². The van der Waals surface area contributed by atoms with Crippen LogP contribution in [0.15, 0.2) is 11.6 Å². The number of fused-ring (bicyclic) bond motifs is 1. The van der Waals surface area contributed by atoms with Gasteiger partial charge in [0, 0.05) is 12.6 Å². The van der Waals surface area contributed by atoms with Crippen LogP contribution in [0.4, 0.5) is 13.2 Å². The highest BCUT2D eigenvalue weighted by molar-refractivity contribution is 5.09. The summed E-state index contributed by atoms with van der Waals surface area (Å²) in [5, 5.41) is 9.42. The average Bonchev–Trinajstić information content (AvgIpc) is 2.26. The van der Waals surface area contributed by atoms with E-state index in [1.54, 1.807) is 0 Å². The molecule has 0 aromatic heterocycles. The standard InChI is InChI=1S/C12H18F3NO/c1-8-4-5-9-3-2-6-16(10(9)7-8)11(17)12(13,14)15/h4,9-11,17H,2-3,5-7H2,1H3. The van der Waals surface area contributed by atoms with Gasteiger partial charge in [-0.2, -0.15) is 13.2 Å². The predicted octanol–water partition coefficient (Wildman–Crippen LogP) is 2.69. The number of alkyl halides is 3. The number of aliphatic hydroxyl groups excluding tert-OH is 1. The molecule has 0 amide bonds. The summed E-state index contributed by atoms with van der Waals surface area (Å²) in [6.07, 6.45) is -1.53. The molecule has 1 aliphatic heterocycles. The molecule has 0 aromatic rings. The van der Waals surface area contributed by atoms with Crippen molar-refractivity contribution < 1.29 is 18.3 Å². The lowest BCUT2D eigenvalue weighted by molar-refractivity contribution is -0.262. The maximum Gasteiger partial charge on any atom is 0.428 e. The van der Waals surface area contributed by atoms with Crippen LogP contribution in [-0.2, 0) is 0 Å². The molecule has 1 N–H and O–H groups in total. The van der Waals surface area contributed by atoms with Gasteiger partial charge in [-0.05, 0) is 38.5 Å². The van der Waals surface area contributed by atoms with Gasteiger partial charge in [-0.1, -0.05) is 11.6 Å². The SMILES string of the molecule is CC1=CCC2CCCN(C(O)C(F)(F)F)C2C1. The van der Waals surface area contributed by atoms with E-state index in [1.807, 2.05) is 6.92 Å². The number of hydrogen-bond acceptors (Lipinski definition) is 2. The van der Waals surface area contributed by atoms with E-state index in [9.17, 15) is 18.3 Å². The van der Waals surface area contributed by atoms with Crippen molar-refractivity contribution in [3.63, 3.8) is 0 Å². The lowest BCUT2D eigenvalue weighted by atomic mass is 9.79. The largest absolute Gasteiger partial charge is 0.428 e. The van der Waals surface area contributed by atoms with Gasteiger partial charge in [-0.3, -0.25) is 4.90 Å². The molecule has 98 valence electrons. The first-order chi connectivity index (χ1) is 7.89. The molecule has 0 spiro atoms. The molecule has 2 aliphatic rings. The van der Waals surface area contributed by atoms with Crippen molar-refractivity contribution in [2.24, 2.45) is 5.92 Å². The summed E-state index contributed by atoms with van der Waals surface area (Å²) < 4.78 is 37.7. The second kappa shape index (κ2) is 4.61. The van der Waals surface area contributed by atoms with Gasteiger partial charge in [0.05, 0.1) is 0 Å². The molecule has 5 heteroatoms. The van der Waals surface area contributed by atoms with Gasteiger partial charge in [0.25, 0.3) is 0 Å². The molecule has 1 saturated heterocycles. The van der Waals surface area contributed by atoms with E-state index in [1.165, 1.54) is 4.90 Å². The minimum atomic E-state index is -4.54. The molecule has 17 heavy (non-hydrogen) atoms. The Bertz CT molecular complexity index is 313. The van der Waals surface area contributed by atoms with E-state index in [4.69, 9.17) is 0 Å². The van der Waals surface area contributed by atoms with E-state index in [0.29, 0.717) is 13.0 Å². The fraction of sp³-hybridized carbons (Fsp3) is 0.833. The predicted molar refractivity (Wildman–Crippen MR) is 58.3 cm³/mol. The quantitative estimate of drug-likeness (QED) is 0.722. The lowest BCUT2D eigenvalue weighted by Crippen LogP contribution is -2.56. The van der Waals surface area contributed by atoms with E-state index in [2.05, 4.69) is 6.08 Å². The molecular formula is C12H18F3NO. The Hall–Kier alpha value is -0.550. The van der Waals surface area contributed by atoms with Gasteiger partial charge >= 0.3 is 6.18 Å². The molecule has 0 aromatic carbocycles. The molecule has 1 heterocycles. The summed E-state index contributed by atoms with van der Waals surface area (Å²) in [4.78, 5) is 1.24. The number of nitrogens with zero attached hydrogens (tertiary/aromatic N) is 1. The normalized spacial score (nSPS) is 32.9. The van der Waals surface area contributed by atoms with Crippen LogP contribution >= 0.6 is 0 Å². The molecule has 2 nitrogen and oxygen atoms in total. The second-order valence-electron chi connectivity index (χ2n) is 5.11. The van der Waals surface area contributed by atoms with Crippen LogP contribution < -0.4 is 0 Å². The van der Waals surface area contributed by atoms with E-state index < -0.39 is 12.4 Å². The van der Waals surface area contributed by atoms with E-state index >= 15 is 0 Å². The maximum absolute atomic E-state index is 12.6. The highest BCUT2D eigenvalue weighted by Crippen LogP contribution is 2.38. The van der Waals surface area contributed by atoms with Crippen molar-refractivity contribution in [3.8, 4) is 0 Å². The van der Waals surface area contributed by atoms with E-state index in [0.717, 1.165) is 24.8 Å². The number of likely N-dealkylation sites (tertiary alicyclic amines) is 1. The Balaban J connectivity index is 2.14. The monoisotopic (exact) mass is 249 g/mol. The number of hydrogen-bond donors (Lipinski definition) is 1. The third kappa shape index (κ3) is 2.65. The third-order valence-electron chi connectivity index (χ3n) is 3.87. The van der Waals surface area contributed by atoms with Crippen LogP contribution in [0.3, 0.4) is 0 Å². The van der Waals surface area contributed by atoms with Crippen LogP contribution in [0, 0.1) is 5.92 Å². The molecule has 1 aliphatic carbocycles. The Kier molecular flexibility index (Phi) is 3.50. The number of piperidine rings is 1. The van der Waals surface area contributed by atoms with Gasteiger partial charge < -0.3 is 5.11 Å². The van der Waals surface area contributed by atoms with Gasteiger partial charge in [-0.25, -0.2) is 0 Å². The summed E-state index contributed by atoms with van der Waals surface area (Å²) in [5.41, 5.74) is 1.13. The zero-order valence-electron chi connectivity index (χ0n) is 9.87. The number of allylic oxidation sites excluding steroid dienone is 1. The van der Waals surface area contributed by atoms with Crippen LogP contribution in [0.1, 0.15) is 32.6 Å². The second-order valence-corrected chi connectivity index (χ2v) is 5.11. The van der Waals surface area contributed by atoms with Crippen molar-refractivity contribution in [1.29, 1.82) is 0 Å². The maximum atomic E-state index is 12.6. The molecule has 1 fully saturated rings. The third-order valence-corrected chi connectivity index (χ3v) is 3.87. The minimum Gasteiger partial charge on any atom is -0.370 e. The van der Waals surface area contributed by atoms with Crippen molar-refractivity contribution >= 4 is 0 Å². The molecule has 0 saturated carbocycles. The summed E-state index contributed by atoms with van der Waals surface area (Å²) in [6, 6.07) is -0.148. The van der Waals surface area contributed by atoms with Crippen molar-refractivity contribution in [2.75, 3.05) is 6.54 Å². The van der Waals surface area contributed by atoms with Crippen molar-refractivity contribution in [1.82, 2.24) is 4.90 Å². The number of aliphatic hydroxyl groups is 1. The molecule has 2 rings (SSSR count). The first kappa shape index (κ1) is 12.9. The van der Waals surface area contributed by atoms with Gasteiger partial charge in [0.15, 0.2) is 0 Å². The summed E-state index contributed by atoms with van der Waals surface area (Å²) in [6.45, 7) is 2.29. The average molecular weight is 249 g/mol. The summed E-state index contributed by atoms with van der Waals surface area (Å²) in [7, 11) is 0. The number of halogens is 3. The van der Waals surface area contributed by atoms with Crippen molar-refractivity contribution in [2.45, 2.75) is 51.1 Å². The summed E-state index contributed by atoms with van der Waals surface area (Å²) in [5.74, 6) is 0.268. The van der Waals surface area contributed by atoms with Gasteiger partial charge in [0.2, 0.25) is 6.23 Å². The first-order valence-electron chi connectivity index (χ1n) is 6.06. The minimum absolute atomic E-state index is 0.148. The van der Waals surface area contributed by atoms with E-state index in [-0.39, 0.29) is 12.0 Å². The fourth-order valence-electron chi connectivity index (χ4n) is 2.98. The molecule has 3 unspecified atom stereocenters. The van der Waals surface area contributed by atoms with Gasteiger partial charge in [-0.15, -0.1) is 0 Å². The molecule has 0 bridgehead atoms. The zero-order valence-corrected chi connectivity index (χ0v) is 9.87. The zero-order chi connectivity index (χ0) is 12.6. The lowest BCUT2D eigenvalue weighted by Gasteiger charge is -2.45. The Morgan fingerprint density at radius 1 is 1.47 bits per heavy atom. The number of rotatable bonds is 1. The Morgan fingerprint density at radius 3 is 2.82 bits per heavy atom. The first-order valence-corrected chi connectivity index (χ1v) is 6.06. The fourth-order valence-corrected chi connectivity index (χ4v) is 2.98. The summed E-state index contributed by atoms with van der Waals surface area (Å²) >= 11 is 0. The van der Waals surface area contributed by atoms with Crippen LogP contribution in [0.25, 0.3) is 0 Å². The molecule has 0 radical (unpaired) electrons. The topological polar surface area (TPSA) is 23.5 Å². The smallest absolute Gasteiger partial charge is 0.370 e. The molecule has 3 atom stereocenters.